The normalized spacial score (nSPS) is 22.5. The quantitative estimate of drug-likeness (QED) is 0.856. The molecule has 0 bridgehead atoms. The second kappa shape index (κ2) is 3.58. The molecule has 1 fully saturated rings. The van der Waals surface area contributed by atoms with E-state index >= 15 is 0 Å². The van der Waals surface area contributed by atoms with Crippen molar-refractivity contribution < 1.29 is 4.79 Å². The van der Waals surface area contributed by atoms with Crippen molar-refractivity contribution in [1.29, 1.82) is 0 Å². The van der Waals surface area contributed by atoms with Crippen molar-refractivity contribution in [3.8, 4) is 0 Å². The molecule has 1 aliphatic carbocycles. The number of benzene rings is 1. The first-order valence-corrected chi connectivity index (χ1v) is 6.62. The van der Waals surface area contributed by atoms with Gasteiger partial charge in [0.15, 0.2) is 0 Å². The Kier molecular flexibility index (Phi) is 2.33. The molecule has 1 heterocycles. The Labute approximate surface area is 108 Å². The van der Waals surface area contributed by atoms with Crippen molar-refractivity contribution in [1.82, 2.24) is 0 Å². The van der Waals surface area contributed by atoms with Crippen molar-refractivity contribution >= 4 is 11.6 Å². The number of hydrogen-bond acceptors (Lipinski definition) is 2. The zero-order valence-electron chi connectivity index (χ0n) is 11.0. The molecule has 3 N–H and O–H groups in total. The van der Waals surface area contributed by atoms with Gasteiger partial charge in [0.05, 0.1) is 5.41 Å². The molecule has 18 heavy (non-hydrogen) atoms. The summed E-state index contributed by atoms with van der Waals surface area (Å²) in [5, 5.41) is 2.94. The monoisotopic (exact) mass is 244 g/mol. The molecule has 0 spiro atoms. The fourth-order valence-corrected chi connectivity index (χ4v) is 2.79. The van der Waals surface area contributed by atoms with Gasteiger partial charge in [-0.2, -0.15) is 0 Å². The first kappa shape index (κ1) is 11.7. The van der Waals surface area contributed by atoms with Crippen molar-refractivity contribution in [3.63, 3.8) is 0 Å². The van der Waals surface area contributed by atoms with Crippen LogP contribution in [0.4, 0.5) is 5.69 Å². The highest BCUT2D eigenvalue weighted by molar-refractivity contribution is 6.05. The molecule has 1 aromatic rings. The third kappa shape index (κ3) is 1.65. The standard InChI is InChI=1S/C15H20N2O/c1-14(2)11-7-10(8-15(9-16)5-6-15)3-4-12(11)17-13(14)18/h3-4,7H,5-6,8-9,16H2,1-2H3,(H,17,18). The van der Waals surface area contributed by atoms with Crippen LogP contribution in [0.1, 0.15) is 37.8 Å². The molecular formula is C15H20N2O. The van der Waals surface area contributed by atoms with E-state index < -0.39 is 5.41 Å². The number of fused-ring (bicyclic) bond motifs is 1. The number of nitrogens with two attached hydrogens (primary N) is 1. The minimum atomic E-state index is -0.412. The Bertz CT molecular complexity index is 515. The predicted octanol–water partition coefficient (Wildman–Crippen LogP) is 2.20. The van der Waals surface area contributed by atoms with Crippen molar-refractivity contribution in [2.24, 2.45) is 11.1 Å². The summed E-state index contributed by atoms with van der Waals surface area (Å²) < 4.78 is 0. The molecule has 96 valence electrons. The lowest BCUT2D eigenvalue weighted by atomic mass is 9.84. The van der Waals surface area contributed by atoms with E-state index in [1.165, 1.54) is 18.4 Å². The van der Waals surface area contributed by atoms with Gasteiger partial charge in [-0.05, 0) is 62.3 Å². The molecular weight excluding hydrogens is 224 g/mol. The summed E-state index contributed by atoms with van der Waals surface area (Å²) in [6, 6.07) is 6.34. The van der Waals surface area contributed by atoms with Gasteiger partial charge in [-0.3, -0.25) is 4.79 Å². The highest BCUT2D eigenvalue weighted by Gasteiger charge is 2.42. The van der Waals surface area contributed by atoms with Crippen molar-refractivity contribution in [2.75, 3.05) is 11.9 Å². The van der Waals surface area contributed by atoms with Crippen LogP contribution in [0.25, 0.3) is 0 Å². The van der Waals surface area contributed by atoms with Gasteiger partial charge in [0, 0.05) is 5.69 Å². The van der Waals surface area contributed by atoms with Gasteiger partial charge in [-0.15, -0.1) is 0 Å². The van der Waals surface area contributed by atoms with Crippen LogP contribution in [-0.4, -0.2) is 12.5 Å². The summed E-state index contributed by atoms with van der Waals surface area (Å²) in [5.74, 6) is 0.0922. The van der Waals surface area contributed by atoms with Crippen LogP contribution in [0.5, 0.6) is 0 Å². The number of hydrogen-bond donors (Lipinski definition) is 2. The second-order valence-electron chi connectivity index (χ2n) is 6.34. The predicted molar refractivity (Wildman–Crippen MR) is 72.5 cm³/mol. The number of carbonyl (C=O) groups excluding carboxylic acids is 1. The van der Waals surface area contributed by atoms with Crippen LogP contribution in [0, 0.1) is 5.41 Å². The van der Waals surface area contributed by atoms with E-state index in [1.807, 2.05) is 19.9 Å². The van der Waals surface area contributed by atoms with Crippen LogP contribution in [0.2, 0.25) is 0 Å². The maximum atomic E-state index is 11.9. The number of carbonyl (C=O) groups is 1. The van der Waals surface area contributed by atoms with Gasteiger partial charge in [0.1, 0.15) is 0 Å². The fourth-order valence-electron chi connectivity index (χ4n) is 2.79. The van der Waals surface area contributed by atoms with Crippen LogP contribution < -0.4 is 11.1 Å². The van der Waals surface area contributed by atoms with E-state index in [0.717, 1.165) is 24.2 Å². The number of anilines is 1. The van der Waals surface area contributed by atoms with Gasteiger partial charge in [-0.1, -0.05) is 12.1 Å². The van der Waals surface area contributed by atoms with E-state index in [1.54, 1.807) is 0 Å². The summed E-state index contributed by atoms with van der Waals surface area (Å²) in [6.45, 7) is 4.73. The maximum Gasteiger partial charge on any atom is 0.234 e. The third-order valence-electron chi connectivity index (χ3n) is 4.54. The summed E-state index contributed by atoms with van der Waals surface area (Å²) in [7, 11) is 0. The molecule has 1 aromatic carbocycles. The summed E-state index contributed by atoms with van der Waals surface area (Å²) in [5.41, 5.74) is 9.16. The van der Waals surface area contributed by atoms with Gasteiger partial charge in [0.2, 0.25) is 5.91 Å². The molecule has 1 amide bonds. The SMILES string of the molecule is CC1(C)C(=O)Nc2ccc(CC3(CN)CC3)cc21. The van der Waals surface area contributed by atoms with E-state index in [-0.39, 0.29) is 5.91 Å². The fraction of sp³-hybridized carbons (Fsp3) is 0.533. The molecule has 0 atom stereocenters. The van der Waals surface area contributed by atoms with E-state index in [4.69, 9.17) is 5.73 Å². The Hall–Kier alpha value is -1.35. The lowest BCUT2D eigenvalue weighted by Crippen LogP contribution is -2.27. The third-order valence-corrected chi connectivity index (χ3v) is 4.54. The average molecular weight is 244 g/mol. The van der Waals surface area contributed by atoms with Gasteiger partial charge >= 0.3 is 0 Å². The summed E-state index contributed by atoms with van der Waals surface area (Å²) in [4.78, 5) is 11.9. The molecule has 0 saturated heterocycles. The number of rotatable bonds is 3. The van der Waals surface area contributed by atoms with Crippen LogP contribution in [-0.2, 0) is 16.6 Å². The topological polar surface area (TPSA) is 55.1 Å². The lowest BCUT2D eigenvalue weighted by molar-refractivity contribution is -0.119. The number of amides is 1. The molecule has 1 aliphatic heterocycles. The molecule has 3 heteroatoms. The van der Waals surface area contributed by atoms with Crippen molar-refractivity contribution in [3.05, 3.63) is 29.3 Å². The summed E-state index contributed by atoms with van der Waals surface area (Å²) >= 11 is 0. The molecule has 0 aromatic heterocycles. The van der Waals surface area contributed by atoms with E-state index in [0.29, 0.717) is 5.41 Å². The zero-order valence-corrected chi connectivity index (χ0v) is 11.0. The van der Waals surface area contributed by atoms with Crippen LogP contribution in [0.15, 0.2) is 18.2 Å². The minimum Gasteiger partial charge on any atom is -0.330 e. The van der Waals surface area contributed by atoms with Crippen LogP contribution in [0.3, 0.4) is 0 Å². The Morgan fingerprint density at radius 3 is 2.67 bits per heavy atom. The molecule has 0 radical (unpaired) electrons. The zero-order chi connectivity index (χ0) is 13.0. The van der Waals surface area contributed by atoms with Crippen LogP contribution >= 0.6 is 0 Å². The lowest BCUT2D eigenvalue weighted by Gasteiger charge is -2.17. The second-order valence-corrected chi connectivity index (χ2v) is 6.34. The largest absolute Gasteiger partial charge is 0.330 e. The first-order valence-electron chi connectivity index (χ1n) is 6.62. The highest BCUT2D eigenvalue weighted by atomic mass is 16.2. The number of nitrogens with one attached hydrogen (secondary N) is 1. The average Bonchev–Trinajstić information content (AvgIpc) is 3.06. The molecule has 2 aliphatic rings. The van der Waals surface area contributed by atoms with Gasteiger partial charge < -0.3 is 11.1 Å². The smallest absolute Gasteiger partial charge is 0.234 e. The first-order chi connectivity index (χ1) is 8.47. The van der Waals surface area contributed by atoms with Gasteiger partial charge in [-0.25, -0.2) is 0 Å². The molecule has 1 saturated carbocycles. The van der Waals surface area contributed by atoms with E-state index in [9.17, 15) is 4.79 Å². The molecule has 0 unspecified atom stereocenters. The van der Waals surface area contributed by atoms with Crippen molar-refractivity contribution in [2.45, 2.75) is 38.5 Å². The maximum absolute atomic E-state index is 11.9. The van der Waals surface area contributed by atoms with E-state index in [2.05, 4.69) is 17.4 Å². The molecule has 3 nitrogen and oxygen atoms in total. The Balaban J connectivity index is 1.93. The minimum absolute atomic E-state index is 0.0922. The Morgan fingerprint density at radius 2 is 2.06 bits per heavy atom. The van der Waals surface area contributed by atoms with Gasteiger partial charge in [0.25, 0.3) is 0 Å². The molecule has 3 rings (SSSR count). The Morgan fingerprint density at radius 1 is 1.33 bits per heavy atom. The summed E-state index contributed by atoms with van der Waals surface area (Å²) in [6.07, 6.45) is 3.52. The highest BCUT2D eigenvalue weighted by Crippen LogP contribution is 2.48.